The third kappa shape index (κ3) is 34.7. The van der Waals surface area contributed by atoms with Crippen molar-refractivity contribution in [3.8, 4) is 0 Å². The van der Waals surface area contributed by atoms with Crippen molar-refractivity contribution < 1.29 is 30.9 Å². The van der Waals surface area contributed by atoms with Crippen molar-refractivity contribution in [2.75, 3.05) is 53.6 Å². The van der Waals surface area contributed by atoms with Gasteiger partial charge in [-0.25, -0.2) is 0 Å². The van der Waals surface area contributed by atoms with Crippen molar-refractivity contribution in [1.29, 1.82) is 0 Å². The molecule has 0 bridgehead atoms. The largest absolute Gasteiger partial charge is 1.00 e. The van der Waals surface area contributed by atoms with Crippen molar-refractivity contribution in [3.05, 3.63) is 0 Å². The molecule has 4 nitrogen and oxygen atoms in total. The fourth-order valence-electron chi connectivity index (χ4n) is 5.77. The van der Waals surface area contributed by atoms with Crippen LogP contribution in [-0.4, -0.2) is 64.1 Å². The van der Waals surface area contributed by atoms with Gasteiger partial charge in [-0.15, -0.1) is 0 Å². The van der Waals surface area contributed by atoms with Crippen molar-refractivity contribution >= 4 is 0 Å². The molecule has 0 saturated carbocycles. The van der Waals surface area contributed by atoms with Crippen LogP contribution in [0.4, 0.5) is 0 Å². The molecule has 0 amide bonds. The molecule has 0 aliphatic carbocycles. The van der Waals surface area contributed by atoms with E-state index in [0.29, 0.717) is 0 Å². The smallest absolute Gasteiger partial charge is 0.130 e. The lowest BCUT2D eigenvalue weighted by Gasteiger charge is -2.33. The highest BCUT2D eigenvalue weighted by molar-refractivity contribution is 4.58. The first-order chi connectivity index (χ1) is 19.6. The summed E-state index contributed by atoms with van der Waals surface area (Å²) in [6.45, 7) is 9.96. The van der Waals surface area contributed by atoms with E-state index in [1.165, 1.54) is 154 Å². The molecule has 2 N–H and O–H groups in total. The molecule has 0 radical (unpaired) electrons. The maximum atomic E-state index is 6.39. The number of quaternary nitrogens is 1. The number of halogens is 1. The fraction of sp³-hybridized carbons (Fsp3) is 1.00. The molecule has 250 valence electrons. The summed E-state index contributed by atoms with van der Waals surface area (Å²) < 4.78 is 13.5. The maximum Gasteiger partial charge on any atom is 0.130 e. The molecule has 0 aromatic carbocycles. The van der Waals surface area contributed by atoms with Gasteiger partial charge in [-0.1, -0.05) is 155 Å². The van der Waals surface area contributed by atoms with E-state index in [1.54, 1.807) is 0 Å². The van der Waals surface area contributed by atoms with Crippen LogP contribution < -0.4 is 22.7 Å². The molecule has 41 heavy (non-hydrogen) atoms. The maximum absolute atomic E-state index is 6.39. The third-order valence-corrected chi connectivity index (χ3v) is 8.46. The van der Waals surface area contributed by atoms with Gasteiger partial charge in [0, 0.05) is 19.6 Å². The Balaban J connectivity index is 0. The van der Waals surface area contributed by atoms with Gasteiger partial charge in [-0.05, 0) is 19.4 Å². The first kappa shape index (κ1) is 43.4. The van der Waals surface area contributed by atoms with Gasteiger partial charge in [0.2, 0.25) is 0 Å². The molecule has 0 aliphatic rings. The fourth-order valence-corrected chi connectivity index (χ4v) is 5.77. The first-order valence-corrected chi connectivity index (χ1v) is 18.3. The third-order valence-electron chi connectivity index (χ3n) is 8.46. The number of nitrogens with two attached hydrogens (primary N) is 1. The zero-order valence-electron chi connectivity index (χ0n) is 28.7. The van der Waals surface area contributed by atoms with Crippen molar-refractivity contribution in [3.63, 3.8) is 0 Å². The summed E-state index contributed by atoms with van der Waals surface area (Å²) in [7, 11) is 4.61. The summed E-state index contributed by atoms with van der Waals surface area (Å²) in [6.07, 6.45) is 34.5. The van der Waals surface area contributed by atoms with Crippen LogP contribution in [0.1, 0.15) is 174 Å². The van der Waals surface area contributed by atoms with E-state index in [0.717, 1.165) is 50.4 Å². The molecule has 0 saturated heterocycles. The molecule has 0 rings (SSSR count). The summed E-state index contributed by atoms with van der Waals surface area (Å²) in [5.74, 6) is 0. The molecule has 1 unspecified atom stereocenters. The molecule has 0 spiro atoms. The molecular weight excluding hydrogens is 572 g/mol. The van der Waals surface area contributed by atoms with Gasteiger partial charge in [-0.2, -0.15) is 0 Å². The van der Waals surface area contributed by atoms with E-state index in [1.807, 2.05) is 0 Å². The van der Waals surface area contributed by atoms with E-state index in [2.05, 4.69) is 27.9 Å². The Morgan fingerprint density at radius 3 is 1.27 bits per heavy atom. The summed E-state index contributed by atoms with van der Waals surface area (Å²) in [5, 5.41) is 0. The van der Waals surface area contributed by atoms with Crippen LogP contribution in [-0.2, 0) is 9.47 Å². The molecule has 1 atom stereocenters. The minimum atomic E-state index is 0. The minimum Gasteiger partial charge on any atom is -1.00 e. The summed E-state index contributed by atoms with van der Waals surface area (Å²) in [5.41, 5.74) is 5.78. The van der Waals surface area contributed by atoms with E-state index in [-0.39, 0.29) is 23.1 Å². The minimum absolute atomic E-state index is 0. The Kier molecular flexibility index (Phi) is 36.9. The Morgan fingerprint density at radius 2 is 0.878 bits per heavy atom. The average molecular weight is 650 g/mol. The molecule has 0 aromatic rings. The van der Waals surface area contributed by atoms with Crippen LogP contribution in [0.5, 0.6) is 0 Å². The Morgan fingerprint density at radius 1 is 0.512 bits per heavy atom. The Hall–Kier alpha value is 0.320. The Bertz CT molecular complexity index is 478. The van der Waals surface area contributed by atoms with Crippen molar-refractivity contribution in [2.45, 2.75) is 180 Å². The quantitative estimate of drug-likeness (QED) is 0.0592. The van der Waals surface area contributed by atoms with Gasteiger partial charge >= 0.3 is 0 Å². The normalized spacial score (nSPS) is 12.5. The van der Waals surface area contributed by atoms with Crippen LogP contribution in [0.25, 0.3) is 0 Å². The molecule has 5 heteroatoms. The monoisotopic (exact) mass is 649 g/mol. The van der Waals surface area contributed by atoms with Crippen LogP contribution in [0.15, 0.2) is 0 Å². The molecule has 0 aliphatic heterocycles. The predicted octanol–water partition coefficient (Wildman–Crippen LogP) is 7.22. The number of nitrogens with zero attached hydrogens (tertiary/aromatic N) is 1. The Labute approximate surface area is 270 Å². The molecule has 0 heterocycles. The number of hydrogen-bond acceptors (Lipinski definition) is 3. The lowest BCUT2D eigenvalue weighted by Crippen LogP contribution is -3.00. The van der Waals surface area contributed by atoms with Crippen LogP contribution in [0.3, 0.4) is 0 Å². The highest BCUT2D eigenvalue weighted by Gasteiger charge is 2.22. The van der Waals surface area contributed by atoms with Crippen LogP contribution >= 0.6 is 0 Å². The lowest BCUT2D eigenvalue weighted by atomic mass is 10.1. The van der Waals surface area contributed by atoms with Gasteiger partial charge in [0.05, 0.1) is 27.2 Å². The van der Waals surface area contributed by atoms with Gasteiger partial charge < -0.3 is 36.7 Å². The topological polar surface area (TPSA) is 44.5 Å². The number of likely N-dealkylation sites (N-methyl/N-ethyl adjacent to an activating group) is 1. The van der Waals surface area contributed by atoms with E-state index >= 15 is 0 Å². The van der Waals surface area contributed by atoms with Crippen molar-refractivity contribution in [1.82, 2.24) is 0 Å². The summed E-state index contributed by atoms with van der Waals surface area (Å²) in [4.78, 5) is 0. The van der Waals surface area contributed by atoms with Crippen LogP contribution in [0, 0.1) is 0 Å². The van der Waals surface area contributed by atoms with Crippen LogP contribution in [0.2, 0.25) is 0 Å². The first-order valence-electron chi connectivity index (χ1n) is 18.3. The number of hydrogen-bond donors (Lipinski definition) is 1. The zero-order valence-corrected chi connectivity index (χ0v) is 30.3. The number of unbranched alkanes of at least 4 members (excludes halogenated alkanes) is 22. The van der Waals surface area contributed by atoms with Crippen molar-refractivity contribution in [2.24, 2.45) is 5.73 Å². The zero-order chi connectivity index (χ0) is 29.4. The van der Waals surface area contributed by atoms with Gasteiger partial charge in [-0.3, -0.25) is 0 Å². The van der Waals surface area contributed by atoms with Gasteiger partial charge in [0.25, 0.3) is 0 Å². The van der Waals surface area contributed by atoms with Gasteiger partial charge in [0.1, 0.15) is 12.6 Å². The second kappa shape index (κ2) is 34.8. The van der Waals surface area contributed by atoms with Gasteiger partial charge in [0.15, 0.2) is 0 Å². The lowest BCUT2D eigenvalue weighted by molar-refractivity contribution is -0.893. The highest BCUT2D eigenvalue weighted by atomic mass is 79.9. The summed E-state index contributed by atoms with van der Waals surface area (Å²) in [6, 6.07) is 0. The second-order valence-electron chi connectivity index (χ2n) is 13.3. The number of ether oxygens (including phenoxy) is 2. The SMILES string of the molecule is CCCCCCCCCCCCCCOCC(C[N+](C)(C)CCCN)OCCCCCCCCCCCCCC.[Br-]. The standard InChI is InChI=1S/C36H77N2O2.BrH/c1-5-7-9-11-13-15-17-19-21-23-25-27-32-39-35-36(34-38(3,4)31-29-30-37)40-33-28-26-24-22-20-18-16-14-12-10-8-6-2;/h36H,5-35,37H2,1-4H3;1H/q+1;/p-1. The molecule has 0 aromatic heterocycles. The highest BCUT2D eigenvalue weighted by Crippen LogP contribution is 2.14. The second-order valence-corrected chi connectivity index (χ2v) is 13.3. The summed E-state index contributed by atoms with van der Waals surface area (Å²) >= 11 is 0. The van der Waals surface area contributed by atoms with E-state index in [4.69, 9.17) is 15.2 Å². The molecule has 0 fully saturated rings. The average Bonchev–Trinajstić information content (AvgIpc) is 2.94. The number of rotatable bonds is 34. The van der Waals surface area contributed by atoms with E-state index in [9.17, 15) is 0 Å². The van der Waals surface area contributed by atoms with E-state index < -0.39 is 0 Å². The molecular formula is C36H77BrN2O2. The predicted molar refractivity (Wildman–Crippen MR) is 178 cm³/mol.